The van der Waals surface area contributed by atoms with E-state index in [1.54, 1.807) is 31.4 Å². The van der Waals surface area contributed by atoms with Crippen molar-refractivity contribution >= 4 is 23.3 Å². The molecule has 0 aromatic carbocycles. The lowest BCUT2D eigenvalue weighted by Gasteiger charge is -2.25. The van der Waals surface area contributed by atoms with Crippen molar-refractivity contribution in [1.29, 1.82) is 0 Å². The van der Waals surface area contributed by atoms with Gasteiger partial charge in [0.05, 0.1) is 28.7 Å². The molecular weight excluding hydrogens is 324 g/mol. The number of nitrogens with one attached hydrogen (secondary N) is 3. The Bertz CT molecular complexity index is 798. The molecule has 3 amide bonds. The molecule has 0 radical (unpaired) electrons. The van der Waals surface area contributed by atoms with Gasteiger partial charge >= 0.3 is 6.03 Å². The second-order valence-electron chi connectivity index (χ2n) is 5.52. The summed E-state index contributed by atoms with van der Waals surface area (Å²) in [7, 11) is 0. The summed E-state index contributed by atoms with van der Waals surface area (Å²) in [6.45, 7) is 3.96. The van der Waals surface area contributed by atoms with Crippen LogP contribution in [0, 0.1) is 0 Å². The Morgan fingerprint density at radius 1 is 1.33 bits per heavy atom. The summed E-state index contributed by atoms with van der Waals surface area (Å²) in [6, 6.07) is 9.18. The van der Waals surface area contributed by atoms with Crippen LogP contribution in [-0.2, 0) is 11.3 Å². The van der Waals surface area contributed by atoms with Gasteiger partial charge < -0.3 is 16.0 Å². The topological polar surface area (TPSA) is 83.1 Å². The molecule has 0 fully saturated rings. The van der Waals surface area contributed by atoms with Gasteiger partial charge in [-0.05, 0) is 38.1 Å². The number of rotatable bonds is 4. The van der Waals surface area contributed by atoms with E-state index in [0.29, 0.717) is 17.8 Å². The molecule has 2 aromatic heterocycles. The quantitative estimate of drug-likeness (QED) is 0.798. The third-order valence-electron chi connectivity index (χ3n) is 3.73. The molecule has 3 rings (SSSR count). The fraction of sp³-hybridized carbons (Fsp3) is 0.235. The molecule has 2 aromatic rings. The van der Waals surface area contributed by atoms with Crippen LogP contribution in [0.4, 0.5) is 4.79 Å². The van der Waals surface area contributed by atoms with Crippen LogP contribution in [0.2, 0.25) is 0 Å². The monoisotopic (exact) mass is 342 g/mol. The Morgan fingerprint density at radius 2 is 2.17 bits per heavy atom. The highest BCUT2D eigenvalue weighted by atomic mass is 32.1. The van der Waals surface area contributed by atoms with E-state index >= 15 is 0 Å². The predicted octanol–water partition coefficient (Wildman–Crippen LogP) is 2.40. The minimum Gasteiger partial charge on any atom is -0.347 e. The highest BCUT2D eigenvalue weighted by molar-refractivity contribution is 7.15. The number of hydrogen-bond donors (Lipinski definition) is 3. The summed E-state index contributed by atoms with van der Waals surface area (Å²) in [5.41, 5.74) is 2.06. The predicted molar refractivity (Wildman–Crippen MR) is 93.2 cm³/mol. The van der Waals surface area contributed by atoms with Crippen molar-refractivity contribution in [3.05, 3.63) is 52.7 Å². The Kier molecular flexibility index (Phi) is 4.61. The largest absolute Gasteiger partial charge is 0.347 e. The molecule has 3 N–H and O–H groups in total. The average molecular weight is 342 g/mol. The van der Waals surface area contributed by atoms with Crippen LogP contribution in [0.5, 0.6) is 0 Å². The van der Waals surface area contributed by atoms with Gasteiger partial charge in [0.15, 0.2) is 0 Å². The number of thiophene rings is 1. The lowest BCUT2D eigenvalue weighted by atomic mass is 10.0. The van der Waals surface area contributed by atoms with Crippen molar-refractivity contribution in [3.8, 4) is 10.6 Å². The van der Waals surface area contributed by atoms with Crippen molar-refractivity contribution in [2.24, 2.45) is 0 Å². The summed E-state index contributed by atoms with van der Waals surface area (Å²) in [5.74, 6) is -0.180. The van der Waals surface area contributed by atoms with Crippen LogP contribution in [0.15, 0.2) is 47.8 Å². The Morgan fingerprint density at radius 3 is 2.88 bits per heavy atom. The first kappa shape index (κ1) is 16.2. The van der Waals surface area contributed by atoms with Crippen LogP contribution >= 0.6 is 11.3 Å². The number of urea groups is 1. The Balaban J connectivity index is 1.66. The van der Waals surface area contributed by atoms with E-state index in [-0.39, 0.29) is 18.0 Å². The summed E-state index contributed by atoms with van der Waals surface area (Å²) in [4.78, 5) is 30.2. The van der Waals surface area contributed by atoms with Crippen LogP contribution in [0.25, 0.3) is 10.6 Å². The van der Waals surface area contributed by atoms with Gasteiger partial charge in [0, 0.05) is 16.8 Å². The zero-order valence-electron chi connectivity index (χ0n) is 13.4. The van der Waals surface area contributed by atoms with E-state index in [4.69, 9.17) is 0 Å². The molecule has 6 nitrogen and oxygen atoms in total. The molecule has 1 aliphatic rings. The molecule has 7 heteroatoms. The smallest absolute Gasteiger partial charge is 0.319 e. The van der Waals surface area contributed by atoms with E-state index in [1.807, 2.05) is 30.3 Å². The number of amides is 3. The average Bonchev–Trinajstić information content (AvgIpc) is 3.02. The van der Waals surface area contributed by atoms with Crippen molar-refractivity contribution < 1.29 is 9.59 Å². The molecule has 1 atom stereocenters. The zero-order valence-corrected chi connectivity index (χ0v) is 14.2. The molecule has 0 unspecified atom stereocenters. The first-order valence-electron chi connectivity index (χ1n) is 7.61. The first-order chi connectivity index (χ1) is 11.5. The maximum atomic E-state index is 12.4. The molecule has 0 aliphatic carbocycles. The van der Waals surface area contributed by atoms with Crippen molar-refractivity contribution in [3.63, 3.8) is 0 Å². The molecule has 3 heterocycles. The number of hydrogen-bond acceptors (Lipinski definition) is 4. The first-order valence-corrected chi connectivity index (χ1v) is 8.43. The Hall–Kier alpha value is -2.67. The van der Waals surface area contributed by atoms with Crippen LogP contribution in [0.1, 0.15) is 18.7 Å². The van der Waals surface area contributed by atoms with Crippen LogP contribution < -0.4 is 16.0 Å². The van der Waals surface area contributed by atoms with E-state index in [0.717, 1.165) is 15.4 Å². The fourth-order valence-electron chi connectivity index (χ4n) is 2.62. The minimum absolute atomic E-state index is 0.180. The number of carbonyl (C=O) groups is 2. The number of nitrogens with zero attached hydrogens (tertiary/aromatic N) is 1. The lowest BCUT2D eigenvalue weighted by Crippen LogP contribution is -2.50. The molecule has 0 bridgehead atoms. The molecule has 0 spiro atoms. The van der Waals surface area contributed by atoms with Gasteiger partial charge in [-0.25, -0.2) is 4.79 Å². The van der Waals surface area contributed by atoms with E-state index in [2.05, 4.69) is 20.9 Å². The van der Waals surface area contributed by atoms with E-state index in [9.17, 15) is 9.59 Å². The van der Waals surface area contributed by atoms with Crippen molar-refractivity contribution in [2.75, 3.05) is 0 Å². The SMILES string of the molecule is CC1=C(C(=O)NCc2ccc(-c3ccccn3)s2)[C@H](C)NC(=O)N1. The standard InChI is InChI=1S/C17H18N4O2S/c1-10-15(11(2)21-17(23)20-10)16(22)19-9-12-6-7-14(24-12)13-5-3-4-8-18-13/h3-8,10H,9H2,1-2H3,(H,19,22)(H2,20,21,23)/t10-/m0/s1. The molecule has 1 aliphatic heterocycles. The second-order valence-corrected chi connectivity index (χ2v) is 6.69. The molecule has 124 valence electrons. The van der Waals surface area contributed by atoms with Gasteiger partial charge in [0.1, 0.15) is 0 Å². The summed E-state index contributed by atoms with van der Waals surface area (Å²) in [6.07, 6.45) is 1.76. The van der Waals surface area contributed by atoms with Crippen molar-refractivity contribution in [1.82, 2.24) is 20.9 Å². The summed E-state index contributed by atoms with van der Waals surface area (Å²) in [5, 5.41) is 8.23. The molecular formula is C17H18N4O2S. The van der Waals surface area contributed by atoms with Gasteiger partial charge in [-0.15, -0.1) is 11.3 Å². The highest BCUT2D eigenvalue weighted by Gasteiger charge is 2.26. The Labute approximate surface area is 144 Å². The molecule has 0 saturated carbocycles. The van der Waals surface area contributed by atoms with Crippen LogP contribution in [0.3, 0.4) is 0 Å². The molecule has 0 saturated heterocycles. The normalized spacial score (nSPS) is 17.2. The second kappa shape index (κ2) is 6.84. The third kappa shape index (κ3) is 3.46. The third-order valence-corrected chi connectivity index (χ3v) is 4.84. The zero-order chi connectivity index (χ0) is 17.1. The van der Waals surface area contributed by atoms with Gasteiger partial charge in [-0.1, -0.05) is 6.07 Å². The van der Waals surface area contributed by atoms with E-state index < -0.39 is 0 Å². The van der Waals surface area contributed by atoms with E-state index in [1.165, 1.54) is 0 Å². The number of allylic oxidation sites excluding steroid dienone is 1. The lowest BCUT2D eigenvalue weighted by molar-refractivity contribution is -0.118. The summed E-state index contributed by atoms with van der Waals surface area (Å²) >= 11 is 1.60. The highest BCUT2D eigenvalue weighted by Crippen LogP contribution is 2.26. The van der Waals surface area contributed by atoms with Gasteiger partial charge in [0.2, 0.25) is 0 Å². The maximum absolute atomic E-state index is 12.4. The van der Waals surface area contributed by atoms with Gasteiger partial charge in [-0.3, -0.25) is 9.78 Å². The number of carbonyl (C=O) groups excluding carboxylic acids is 2. The van der Waals surface area contributed by atoms with Gasteiger partial charge in [0.25, 0.3) is 5.91 Å². The van der Waals surface area contributed by atoms with Crippen molar-refractivity contribution in [2.45, 2.75) is 26.4 Å². The number of pyridine rings is 1. The maximum Gasteiger partial charge on any atom is 0.319 e. The summed E-state index contributed by atoms with van der Waals surface area (Å²) < 4.78 is 0. The minimum atomic E-state index is -0.314. The number of aromatic nitrogens is 1. The fourth-order valence-corrected chi connectivity index (χ4v) is 3.54. The van der Waals surface area contributed by atoms with Gasteiger partial charge in [-0.2, -0.15) is 0 Å². The van der Waals surface area contributed by atoms with Crippen LogP contribution in [-0.4, -0.2) is 23.0 Å². The molecule has 24 heavy (non-hydrogen) atoms.